The Balaban J connectivity index is 2.08. The maximum atomic E-state index is 10.2. The number of hydrogen-bond acceptors (Lipinski definition) is 5. The van der Waals surface area contributed by atoms with Crippen molar-refractivity contribution in [3.8, 4) is 11.4 Å². The molecule has 0 saturated heterocycles. The molecule has 1 aromatic carbocycles. The predicted molar refractivity (Wildman–Crippen MR) is 70.2 cm³/mol. The number of hydrogen-bond donors (Lipinski definition) is 1. The first-order valence-electron chi connectivity index (χ1n) is 6.35. The highest BCUT2D eigenvalue weighted by atomic mass is 16.5. The van der Waals surface area contributed by atoms with Crippen LogP contribution in [0.3, 0.4) is 0 Å². The van der Waals surface area contributed by atoms with Crippen LogP contribution in [0.1, 0.15) is 26.7 Å². The van der Waals surface area contributed by atoms with E-state index < -0.39 is 5.60 Å². The normalized spacial score (nSPS) is 11.5. The first-order valence-corrected chi connectivity index (χ1v) is 6.35. The molecule has 0 amide bonds. The summed E-state index contributed by atoms with van der Waals surface area (Å²) < 4.78 is 7.21. The zero-order valence-corrected chi connectivity index (χ0v) is 11.2. The molecule has 1 aromatic heterocycles. The zero-order valence-electron chi connectivity index (χ0n) is 11.2. The number of aromatic nitrogens is 4. The standard InChI is InChI=1S/C13H18N4O2/c1-3-13(18,4-2)9-19-12-7-5-6-11(8-12)17-10-14-15-16-17/h5-8,10,18H,3-4,9H2,1-2H3. The van der Waals surface area contributed by atoms with Crippen LogP contribution in [-0.2, 0) is 0 Å². The Kier molecular flexibility index (Phi) is 4.11. The molecule has 6 nitrogen and oxygen atoms in total. The molecule has 2 rings (SSSR count). The smallest absolute Gasteiger partial charge is 0.143 e. The zero-order chi connectivity index (χ0) is 13.7. The Hall–Kier alpha value is -1.95. The van der Waals surface area contributed by atoms with Crippen LogP contribution in [0, 0.1) is 0 Å². The SMILES string of the molecule is CCC(O)(CC)COc1cccc(-n2cnnn2)c1. The van der Waals surface area contributed by atoms with Crippen molar-refractivity contribution in [2.24, 2.45) is 0 Å². The van der Waals surface area contributed by atoms with Crippen LogP contribution in [0.4, 0.5) is 0 Å². The molecule has 0 aliphatic rings. The van der Waals surface area contributed by atoms with Gasteiger partial charge < -0.3 is 9.84 Å². The van der Waals surface area contributed by atoms with Crippen LogP contribution in [0.2, 0.25) is 0 Å². The second-order valence-corrected chi connectivity index (χ2v) is 4.47. The third kappa shape index (κ3) is 3.29. The van der Waals surface area contributed by atoms with Gasteiger partial charge in [0, 0.05) is 6.07 Å². The van der Waals surface area contributed by atoms with Gasteiger partial charge in [-0.1, -0.05) is 19.9 Å². The molecule has 0 aliphatic carbocycles. The summed E-state index contributed by atoms with van der Waals surface area (Å²) in [4.78, 5) is 0. The van der Waals surface area contributed by atoms with Gasteiger partial charge in [-0.25, -0.2) is 4.68 Å². The molecule has 0 aliphatic heterocycles. The summed E-state index contributed by atoms with van der Waals surface area (Å²) in [5.74, 6) is 0.688. The lowest BCUT2D eigenvalue weighted by Gasteiger charge is -2.25. The summed E-state index contributed by atoms with van der Waals surface area (Å²) in [7, 11) is 0. The number of aliphatic hydroxyl groups is 1. The van der Waals surface area contributed by atoms with E-state index in [0.717, 1.165) is 5.69 Å². The Morgan fingerprint density at radius 2 is 2.11 bits per heavy atom. The van der Waals surface area contributed by atoms with Crippen molar-refractivity contribution < 1.29 is 9.84 Å². The topological polar surface area (TPSA) is 73.1 Å². The van der Waals surface area contributed by atoms with Gasteiger partial charge in [-0.15, -0.1) is 5.10 Å². The van der Waals surface area contributed by atoms with E-state index in [1.165, 1.54) is 6.33 Å². The summed E-state index contributed by atoms with van der Waals surface area (Å²) in [6.07, 6.45) is 2.85. The molecule has 19 heavy (non-hydrogen) atoms. The number of benzene rings is 1. The van der Waals surface area contributed by atoms with Crippen LogP contribution in [0.25, 0.3) is 5.69 Å². The fraction of sp³-hybridized carbons (Fsp3) is 0.462. The van der Waals surface area contributed by atoms with Crippen LogP contribution in [0.5, 0.6) is 5.75 Å². The quantitative estimate of drug-likeness (QED) is 0.855. The fourth-order valence-electron chi connectivity index (χ4n) is 1.67. The van der Waals surface area contributed by atoms with Gasteiger partial charge in [-0.05, 0) is 35.4 Å². The fourth-order valence-corrected chi connectivity index (χ4v) is 1.67. The third-order valence-corrected chi connectivity index (χ3v) is 3.25. The first-order chi connectivity index (χ1) is 9.17. The lowest BCUT2D eigenvalue weighted by Crippen LogP contribution is -2.34. The summed E-state index contributed by atoms with van der Waals surface area (Å²) in [6.45, 7) is 4.17. The summed E-state index contributed by atoms with van der Waals surface area (Å²) in [5, 5.41) is 21.2. The maximum absolute atomic E-state index is 10.2. The minimum Gasteiger partial charge on any atom is -0.491 e. The lowest BCUT2D eigenvalue weighted by molar-refractivity contribution is -0.0113. The van der Waals surface area contributed by atoms with Crippen LogP contribution >= 0.6 is 0 Å². The maximum Gasteiger partial charge on any atom is 0.143 e. The molecule has 6 heteroatoms. The van der Waals surface area contributed by atoms with E-state index in [9.17, 15) is 5.11 Å². The second kappa shape index (κ2) is 5.79. The van der Waals surface area contributed by atoms with Crippen molar-refractivity contribution in [2.75, 3.05) is 6.61 Å². The molecule has 1 heterocycles. The van der Waals surface area contributed by atoms with Gasteiger partial charge in [0.15, 0.2) is 0 Å². The first kappa shape index (κ1) is 13.5. The Morgan fingerprint density at radius 3 is 2.74 bits per heavy atom. The van der Waals surface area contributed by atoms with E-state index in [0.29, 0.717) is 18.6 Å². The molecule has 0 fully saturated rings. The summed E-state index contributed by atoms with van der Waals surface area (Å²) in [6, 6.07) is 7.43. The molecule has 102 valence electrons. The molecular formula is C13H18N4O2. The van der Waals surface area contributed by atoms with Gasteiger partial charge >= 0.3 is 0 Å². The molecular weight excluding hydrogens is 244 g/mol. The van der Waals surface area contributed by atoms with E-state index in [1.807, 2.05) is 38.1 Å². The van der Waals surface area contributed by atoms with Crippen LogP contribution in [-0.4, -0.2) is 37.5 Å². The van der Waals surface area contributed by atoms with Crippen molar-refractivity contribution in [2.45, 2.75) is 32.3 Å². The van der Waals surface area contributed by atoms with Gasteiger partial charge in [-0.2, -0.15) is 0 Å². The van der Waals surface area contributed by atoms with Crippen LogP contribution < -0.4 is 4.74 Å². The van der Waals surface area contributed by atoms with Crippen molar-refractivity contribution in [3.63, 3.8) is 0 Å². The van der Waals surface area contributed by atoms with Gasteiger partial charge in [-0.3, -0.25) is 0 Å². The Labute approximate surface area is 112 Å². The molecule has 0 unspecified atom stereocenters. The minimum absolute atomic E-state index is 0.277. The molecule has 0 saturated carbocycles. The predicted octanol–water partition coefficient (Wildman–Crippen LogP) is 1.59. The van der Waals surface area contributed by atoms with E-state index in [4.69, 9.17) is 4.74 Å². The van der Waals surface area contributed by atoms with Crippen molar-refractivity contribution in [1.82, 2.24) is 20.2 Å². The largest absolute Gasteiger partial charge is 0.491 e. The Bertz CT molecular complexity index is 509. The lowest BCUT2D eigenvalue weighted by atomic mass is 9.99. The third-order valence-electron chi connectivity index (χ3n) is 3.25. The second-order valence-electron chi connectivity index (χ2n) is 4.47. The van der Waals surface area contributed by atoms with E-state index in [-0.39, 0.29) is 6.61 Å². The average molecular weight is 262 g/mol. The van der Waals surface area contributed by atoms with Crippen LogP contribution in [0.15, 0.2) is 30.6 Å². The Morgan fingerprint density at radius 1 is 1.32 bits per heavy atom. The van der Waals surface area contributed by atoms with Crippen molar-refractivity contribution in [1.29, 1.82) is 0 Å². The van der Waals surface area contributed by atoms with Gasteiger partial charge in [0.1, 0.15) is 18.7 Å². The molecule has 0 radical (unpaired) electrons. The minimum atomic E-state index is -0.773. The highest BCUT2D eigenvalue weighted by Gasteiger charge is 2.23. The number of ether oxygens (including phenoxy) is 1. The highest BCUT2D eigenvalue weighted by molar-refractivity contribution is 5.38. The molecule has 0 bridgehead atoms. The monoisotopic (exact) mass is 262 g/mol. The van der Waals surface area contributed by atoms with Gasteiger partial charge in [0.25, 0.3) is 0 Å². The number of tetrazole rings is 1. The van der Waals surface area contributed by atoms with E-state index >= 15 is 0 Å². The average Bonchev–Trinajstić information content (AvgIpc) is 2.99. The van der Waals surface area contributed by atoms with E-state index in [2.05, 4.69) is 15.5 Å². The van der Waals surface area contributed by atoms with Gasteiger partial charge in [0.05, 0.1) is 11.3 Å². The van der Waals surface area contributed by atoms with Gasteiger partial charge in [0.2, 0.25) is 0 Å². The number of nitrogens with zero attached hydrogens (tertiary/aromatic N) is 4. The molecule has 0 spiro atoms. The molecule has 2 aromatic rings. The summed E-state index contributed by atoms with van der Waals surface area (Å²) in [5.41, 5.74) is 0.0456. The molecule has 0 atom stereocenters. The summed E-state index contributed by atoms with van der Waals surface area (Å²) >= 11 is 0. The van der Waals surface area contributed by atoms with Crippen molar-refractivity contribution in [3.05, 3.63) is 30.6 Å². The molecule has 1 N–H and O–H groups in total. The van der Waals surface area contributed by atoms with Crippen molar-refractivity contribution >= 4 is 0 Å². The van der Waals surface area contributed by atoms with E-state index in [1.54, 1.807) is 4.68 Å². The number of rotatable bonds is 6. The highest BCUT2D eigenvalue weighted by Crippen LogP contribution is 2.20.